The van der Waals surface area contributed by atoms with Gasteiger partial charge in [0.2, 0.25) is 0 Å². The highest BCUT2D eigenvalue weighted by Crippen LogP contribution is 2.04. The molecule has 0 rings (SSSR count). The molecule has 0 N–H and O–H groups in total. The van der Waals surface area contributed by atoms with E-state index in [0.717, 1.165) is 12.8 Å². The fourth-order valence-electron chi connectivity index (χ4n) is 0.697. The van der Waals surface area contributed by atoms with E-state index in [9.17, 15) is 0 Å². The van der Waals surface area contributed by atoms with Crippen molar-refractivity contribution in [1.82, 2.24) is 0 Å². The second kappa shape index (κ2) is 5.96. The molecule has 0 nitrogen and oxygen atoms in total. The Bertz CT molecular complexity index is 170. The predicted octanol–water partition coefficient (Wildman–Crippen LogP) is 3.87. The quantitative estimate of drug-likeness (QED) is 0.534. The SMILES string of the molecule is C=CC(=CC=C(C)CC)CC. The van der Waals surface area contributed by atoms with Crippen molar-refractivity contribution >= 4 is 0 Å². The van der Waals surface area contributed by atoms with Crippen LogP contribution in [0.3, 0.4) is 0 Å². The summed E-state index contributed by atoms with van der Waals surface area (Å²) < 4.78 is 0. The predicted molar refractivity (Wildman–Crippen MR) is 52.6 cm³/mol. The first kappa shape index (κ1) is 10.2. The summed E-state index contributed by atoms with van der Waals surface area (Å²) in [5, 5.41) is 0. The van der Waals surface area contributed by atoms with Crippen LogP contribution in [0.1, 0.15) is 33.6 Å². The highest BCUT2D eigenvalue weighted by atomic mass is 13.9. The Kier molecular flexibility index (Phi) is 5.54. The minimum absolute atomic E-state index is 1.07. The lowest BCUT2D eigenvalue weighted by Crippen LogP contribution is -1.73. The number of hydrogen-bond donors (Lipinski definition) is 0. The summed E-state index contributed by atoms with van der Waals surface area (Å²) in [7, 11) is 0. The third-order valence-corrected chi connectivity index (χ3v) is 1.81. The van der Waals surface area contributed by atoms with Gasteiger partial charge < -0.3 is 0 Å². The molecule has 0 aliphatic heterocycles. The van der Waals surface area contributed by atoms with E-state index in [2.05, 4.69) is 39.5 Å². The summed E-state index contributed by atoms with van der Waals surface area (Å²) in [5.74, 6) is 0. The molecule has 0 spiro atoms. The third kappa shape index (κ3) is 4.60. The molecular weight excluding hydrogens is 132 g/mol. The van der Waals surface area contributed by atoms with Crippen molar-refractivity contribution in [1.29, 1.82) is 0 Å². The molecule has 0 aliphatic rings. The van der Waals surface area contributed by atoms with E-state index in [1.165, 1.54) is 11.1 Å². The molecule has 0 aliphatic carbocycles. The third-order valence-electron chi connectivity index (χ3n) is 1.81. The molecule has 0 saturated carbocycles. The summed E-state index contributed by atoms with van der Waals surface area (Å²) in [5.41, 5.74) is 2.72. The standard InChI is InChI=1S/C11H18/c1-5-10(4)8-9-11(6-2)7-3/h6,8-9H,2,5,7H2,1,3-4H3. The van der Waals surface area contributed by atoms with E-state index < -0.39 is 0 Å². The van der Waals surface area contributed by atoms with Crippen molar-refractivity contribution < 1.29 is 0 Å². The first-order valence-electron chi connectivity index (χ1n) is 4.23. The molecule has 62 valence electrons. The van der Waals surface area contributed by atoms with Gasteiger partial charge in [0, 0.05) is 0 Å². The van der Waals surface area contributed by atoms with Gasteiger partial charge in [0.1, 0.15) is 0 Å². The summed E-state index contributed by atoms with van der Waals surface area (Å²) >= 11 is 0. The molecule has 0 aromatic carbocycles. The van der Waals surface area contributed by atoms with Crippen molar-refractivity contribution in [2.45, 2.75) is 33.6 Å². The Morgan fingerprint density at radius 2 is 1.82 bits per heavy atom. The molecule has 0 radical (unpaired) electrons. The van der Waals surface area contributed by atoms with Crippen molar-refractivity contribution in [2.24, 2.45) is 0 Å². The maximum absolute atomic E-state index is 3.74. The molecule has 0 aromatic heterocycles. The van der Waals surface area contributed by atoms with Gasteiger partial charge in [-0.3, -0.25) is 0 Å². The van der Waals surface area contributed by atoms with Crippen LogP contribution in [0.25, 0.3) is 0 Å². The smallest absolute Gasteiger partial charge is 0.0308 e. The van der Waals surface area contributed by atoms with Gasteiger partial charge in [-0.2, -0.15) is 0 Å². The van der Waals surface area contributed by atoms with Gasteiger partial charge in [-0.05, 0) is 25.3 Å². The zero-order valence-electron chi connectivity index (χ0n) is 7.85. The molecule has 0 heteroatoms. The molecule has 11 heavy (non-hydrogen) atoms. The Hall–Kier alpha value is -0.780. The average Bonchev–Trinajstić information content (AvgIpc) is 2.06. The number of rotatable bonds is 4. The Labute approximate surface area is 70.3 Å². The van der Waals surface area contributed by atoms with E-state index in [0.29, 0.717) is 0 Å². The van der Waals surface area contributed by atoms with Gasteiger partial charge in [0.25, 0.3) is 0 Å². The van der Waals surface area contributed by atoms with Crippen LogP contribution in [0.5, 0.6) is 0 Å². The van der Waals surface area contributed by atoms with Crippen LogP contribution in [0, 0.1) is 0 Å². The first-order valence-corrected chi connectivity index (χ1v) is 4.23. The van der Waals surface area contributed by atoms with Gasteiger partial charge in [-0.15, -0.1) is 0 Å². The Morgan fingerprint density at radius 1 is 1.18 bits per heavy atom. The maximum atomic E-state index is 3.74. The highest BCUT2D eigenvalue weighted by Gasteiger charge is 1.84. The molecule has 0 saturated heterocycles. The first-order chi connectivity index (χ1) is 5.24. The normalized spacial score (nSPS) is 13.4. The van der Waals surface area contributed by atoms with Gasteiger partial charge >= 0.3 is 0 Å². The van der Waals surface area contributed by atoms with E-state index in [-0.39, 0.29) is 0 Å². The van der Waals surface area contributed by atoms with Crippen LogP contribution in [-0.2, 0) is 0 Å². The van der Waals surface area contributed by atoms with Crippen molar-refractivity contribution in [3.05, 3.63) is 36.0 Å². The maximum Gasteiger partial charge on any atom is -0.0308 e. The van der Waals surface area contributed by atoms with E-state index in [1.807, 2.05) is 6.08 Å². The van der Waals surface area contributed by atoms with Crippen LogP contribution >= 0.6 is 0 Å². The van der Waals surface area contributed by atoms with E-state index in [4.69, 9.17) is 0 Å². The second-order valence-corrected chi connectivity index (χ2v) is 2.67. The van der Waals surface area contributed by atoms with E-state index >= 15 is 0 Å². The molecule has 0 bridgehead atoms. The van der Waals surface area contributed by atoms with Crippen LogP contribution < -0.4 is 0 Å². The number of allylic oxidation sites excluding steroid dienone is 5. The summed E-state index contributed by atoms with van der Waals surface area (Å²) in [6.07, 6.45) is 8.42. The van der Waals surface area contributed by atoms with Gasteiger partial charge in [0.05, 0.1) is 0 Å². The van der Waals surface area contributed by atoms with Gasteiger partial charge in [0.15, 0.2) is 0 Å². The van der Waals surface area contributed by atoms with Gasteiger partial charge in [-0.1, -0.05) is 44.2 Å². The average molecular weight is 150 g/mol. The monoisotopic (exact) mass is 150 g/mol. The van der Waals surface area contributed by atoms with Crippen molar-refractivity contribution in [3.63, 3.8) is 0 Å². The summed E-state index contributed by atoms with van der Waals surface area (Å²) in [4.78, 5) is 0. The fourth-order valence-corrected chi connectivity index (χ4v) is 0.697. The minimum atomic E-state index is 1.07. The Morgan fingerprint density at radius 3 is 2.18 bits per heavy atom. The van der Waals surface area contributed by atoms with Crippen LogP contribution in [0.15, 0.2) is 36.0 Å². The molecule has 0 heterocycles. The number of hydrogen-bond acceptors (Lipinski definition) is 0. The Balaban J connectivity index is 4.17. The minimum Gasteiger partial charge on any atom is -0.0988 e. The van der Waals surface area contributed by atoms with E-state index in [1.54, 1.807) is 0 Å². The lowest BCUT2D eigenvalue weighted by Gasteiger charge is -1.94. The fraction of sp³-hybridized carbons (Fsp3) is 0.455. The molecule has 0 unspecified atom stereocenters. The molecule has 0 amide bonds. The van der Waals surface area contributed by atoms with Gasteiger partial charge in [-0.25, -0.2) is 0 Å². The topological polar surface area (TPSA) is 0 Å². The second-order valence-electron chi connectivity index (χ2n) is 2.67. The highest BCUT2D eigenvalue weighted by molar-refractivity contribution is 5.23. The lowest BCUT2D eigenvalue weighted by atomic mass is 10.1. The van der Waals surface area contributed by atoms with Crippen molar-refractivity contribution in [3.8, 4) is 0 Å². The molecule has 0 aromatic rings. The van der Waals surface area contributed by atoms with Crippen LogP contribution in [-0.4, -0.2) is 0 Å². The zero-order valence-corrected chi connectivity index (χ0v) is 7.85. The van der Waals surface area contributed by atoms with Crippen molar-refractivity contribution in [2.75, 3.05) is 0 Å². The lowest BCUT2D eigenvalue weighted by molar-refractivity contribution is 1.09. The molecule has 0 fully saturated rings. The molecular formula is C11H18. The summed E-state index contributed by atoms with van der Waals surface area (Å²) in [6.45, 7) is 10.2. The van der Waals surface area contributed by atoms with Crippen LogP contribution in [0.4, 0.5) is 0 Å². The molecule has 0 atom stereocenters. The summed E-state index contributed by atoms with van der Waals surface area (Å²) in [6, 6.07) is 0. The van der Waals surface area contributed by atoms with Crippen LogP contribution in [0.2, 0.25) is 0 Å². The largest absolute Gasteiger partial charge is 0.0988 e. The zero-order chi connectivity index (χ0) is 8.69.